The van der Waals surface area contributed by atoms with Crippen LogP contribution in [0.1, 0.15) is 29.4 Å². The Morgan fingerprint density at radius 1 is 1.12 bits per heavy atom. The fraction of sp³-hybridized carbons (Fsp3) is 0.263. The second-order valence-corrected chi connectivity index (χ2v) is 6.78. The lowest BCUT2D eigenvalue weighted by Gasteiger charge is -2.08. The number of aromatic nitrogens is 2. The second-order valence-electron chi connectivity index (χ2n) is 6.35. The van der Waals surface area contributed by atoms with Crippen LogP contribution in [-0.4, -0.2) is 16.2 Å². The molecule has 1 aromatic heterocycles. The molecule has 1 fully saturated rings. The first-order chi connectivity index (χ1) is 12.7. The quantitative estimate of drug-likeness (QED) is 0.661. The Labute approximate surface area is 156 Å². The summed E-state index contributed by atoms with van der Waals surface area (Å²) in [5, 5.41) is 11.6. The summed E-state index contributed by atoms with van der Waals surface area (Å²) in [6.07, 6.45) is 1.09. The summed E-state index contributed by atoms with van der Waals surface area (Å²) in [6.45, 7) is 1.06. The smallest absolute Gasteiger partial charge is 0.312 e. The summed E-state index contributed by atoms with van der Waals surface area (Å²) in [5.41, 5.74) is 7.80. The zero-order valence-electron chi connectivity index (χ0n) is 14.1. The monoisotopic (exact) mass is 370 g/mol. The first kappa shape index (κ1) is 16.9. The van der Waals surface area contributed by atoms with E-state index in [4.69, 9.17) is 26.5 Å². The Balaban J connectivity index is 1.26. The largest absolute Gasteiger partial charge is 0.489 e. The lowest BCUT2D eigenvalue weighted by atomic mass is 10.1. The third kappa shape index (κ3) is 4.15. The van der Waals surface area contributed by atoms with E-state index in [1.807, 2.05) is 36.4 Å². The summed E-state index contributed by atoms with van der Waals surface area (Å²) in [4.78, 5) is 0. The van der Waals surface area contributed by atoms with Crippen LogP contribution in [0.3, 0.4) is 0 Å². The van der Waals surface area contributed by atoms with Gasteiger partial charge in [0, 0.05) is 17.0 Å². The van der Waals surface area contributed by atoms with Crippen molar-refractivity contribution in [1.29, 1.82) is 0 Å². The molecule has 3 aromatic rings. The number of benzene rings is 2. The number of ether oxygens (including phenoxy) is 1. The van der Waals surface area contributed by atoms with Crippen LogP contribution in [0.4, 0.5) is 6.01 Å². The summed E-state index contributed by atoms with van der Waals surface area (Å²) >= 11 is 5.89. The van der Waals surface area contributed by atoms with Gasteiger partial charge in [-0.25, -0.2) is 0 Å². The highest BCUT2D eigenvalue weighted by Gasteiger charge is 2.38. The number of nitrogens with zero attached hydrogens (tertiary/aromatic N) is 2. The van der Waals surface area contributed by atoms with Crippen molar-refractivity contribution in [2.45, 2.75) is 31.5 Å². The van der Waals surface area contributed by atoms with Gasteiger partial charge in [-0.15, -0.1) is 5.10 Å². The third-order valence-corrected chi connectivity index (χ3v) is 4.67. The number of nitrogens with two attached hydrogens (primary N) is 1. The van der Waals surface area contributed by atoms with Gasteiger partial charge < -0.3 is 20.2 Å². The Kier molecular flexibility index (Phi) is 4.77. The van der Waals surface area contributed by atoms with E-state index in [1.54, 1.807) is 0 Å². The number of nitrogens with one attached hydrogen (secondary N) is 1. The van der Waals surface area contributed by atoms with Crippen LogP contribution >= 0.6 is 11.6 Å². The molecule has 1 saturated carbocycles. The molecule has 1 aliphatic carbocycles. The van der Waals surface area contributed by atoms with Crippen molar-refractivity contribution in [3.8, 4) is 5.75 Å². The van der Waals surface area contributed by atoms with Gasteiger partial charge in [0.2, 0.25) is 5.89 Å². The Hall–Kier alpha value is -2.57. The number of rotatable bonds is 7. The van der Waals surface area contributed by atoms with Gasteiger partial charge in [0.05, 0.1) is 6.54 Å². The van der Waals surface area contributed by atoms with Crippen LogP contribution in [0.5, 0.6) is 5.75 Å². The molecule has 1 heterocycles. The lowest BCUT2D eigenvalue weighted by molar-refractivity contribution is 0.306. The van der Waals surface area contributed by atoms with Gasteiger partial charge in [-0.05, 0) is 41.8 Å². The first-order valence-electron chi connectivity index (χ1n) is 8.46. The van der Waals surface area contributed by atoms with Crippen molar-refractivity contribution in [2.75, 3.05) is 5.73 Å². The van der Waals surface area contributed by atoms with E-state index in [0.29, 0.717) is 31.0 Å². The first-order valence-corrected chi connectivity index (χ1v) is 8.83. The Morgan fingerprint density at radius 3 is 2.58 bits per heavy atom. The van der Waals surface area contributed by atoms with Crippen LogP contribution in [0.25, 0.3) is 0 Å². The Morgan fingerprint density at radius 2 is 1.88 bits per heavy atom. The van der Waals surface area contributed by atoms with Crippen LogP contribution in [0.2, 0.25) is 5.02 Å². The van der Waals surface area contributed by atoms with Crippen molar-refractivity contribution in [1.82, 2.24) is 15.5 Å². The lowest BCUT2D eigenvalue weighted by Crippen LogP contribution is -2.17. The molecule has 7 heteroatoms. The van der Waals surface area contributed by atoms with E-state index in [9.17, 15) is 0 Å². The van der Waals surface area contributed by atoms with Crippen molar-refractivity contribution in [2.24, 2.45) is 0 Å². The number of hydrogen-bond acceptors (Lipinski definition) is 6. The molecule has 2 aromatic carbocycles. The fourth-order valence-corrected chi connectivity index (χ4v) is 3.03. The molecular weight excluding hydrogens is 352 g/mol. The SMILES string of the molecule is Nc1nnc(CNC2CC2c2ccc(OCc3ccc(Cl)cc3)cc2)o1. The number of hydrogen-bond donors (Lipinski definition) is 2. The molecule has 0 saturated heterocycles. The molecule has 4 rings (SSSR count). The van der Waals surface area contributed by atoms with Crippen LogP contribution in [0.15, 0.2) is 52.9 Å². The maximum atomic E-state index is 5.89. The van der Waals surface area contributed by atoms with Crippen molar-refractivity contribution >= 4 is 17.6 Å². The van der Waals surface area contributed by atoms with E-state index < -0.39 is 0 Å². The predicted molar refractivity (Wildman–Crippen MR) is 98.9 cm³/mol. The summed E-state index contributed by atoms with van der Waals surface area (Å²) in [7, 11) is 0. The topological polar surface area (TPSA) is 86.2 Å². The highest BCUT2D eigenvalue weighted by Crippen LogP contribution is 2.41. The molecule has 0 bridgehead atoms. The molecule has 6 nitrogen and oxygen atoms in total. The van der Waals surface area contributed by atoms with E-state index in [0.717, 1.165) is 22.8 Å². The standard InChI is InChI=1S/C19H19ClN4O2/c20-14-5-1-12(2-6-14)11-25-15-7-3-13(4-8-15)16-9-17(16)22-10-18-23-24-19(21)26-18/h1-8,16-17,22H,9-11H2,(H2,21,24). The van der Waals surface area contributed by atoms with Gasteiger partial charge in [0.25, 0.3) is 0 Å². The minimum absolute atomic E-state index is 0.100. The minimum Gasteiger partial charge on any atom is -0.489 e. The normalized spacial score (nSPS) is 18.7. The van der Waals surface area contributed by atoms with Gasteiger partial charge in [0.15, 0.2) is 0 Å². The molecule has 0 amide bonds. The minimum atomic E-state index is 0.100. The van der Waals surface area contributed by atoms with Gasteiger partial charge in [-0.1, -0.05) is 41.0 Å². The zero-order valence-corrected chi connectivity index (χ0v) is 14.8. The average Bonchev–Trinajstić information content (AvgIpc) is 3.32. The molecular formula is C19H19ClN4O2. The van der Waals surface area contributed by atoms with Gasteiger partial charge in [-0.2, -0.15) is 0 Å². The van der Waals surface area contributed by atoms with Crippen LogP contribution in [-0.2, 0) is 13.2 Å². The van der Waals surface area contributed by atoms with E-state index >= 15 is 0 Å². The summed E-state index contributed by atoms with van der Waals surface area (Å²) < 4.78 is 11.0. The molecule has 1 aliphatic rings. The zero-order chi connectivity index (χ0) is 17.9. The fourth-order valence-electron chi connectivity index (χ4n) is 2.90. The second kappa shape index (κ2) is 7.35. The average molecular weight is 371 g/mol. The highest BCUT2D eigenvalue weighted by atomic mass is 35.5. The molecule has 26 heavy (non-hydrogen) atoms. The summed E-state index contributed by atoms with van der Waals surface area (Å²) in [6, 6.07) is 16.5. The van der Waals surface area contributed by atoms with Gasteiger partial charge in [-0.3, -0.25) is 0 Å². The molecule has 0 radical (unpaired) electrons. The molecule has 0 spiro atoms. The number of anilines is 1. The third-order valence-electron chi connectivity index (χ3n) is 4.42. The van der Waals surface area contributed by atoms with E-state index in [2.05, 4.69) is 27.6 Å². The Bertz CT molecular complexity index is 864. The van der Waals surface area contributed by atoms with Gasteiger partial charge >= 0.3 is 6.01 Å². The number of nitrogen functional groups attached to an aromatic ring is 1. The number of halogens is 1. The van der Waals surface area contributed by atoms with Gasteiger partial charge in [0.1, 0.15) is 12.4 Å². The van der Waals surface area contributed by atoms with Crippen molar-refractivity contribution in [3.63, 3.8) is 0 Å². The van der Waals surface area contributed by atoms with Crippen molar-refractivity contribution < 1.29 is 9.15 Å². The maximum absolute atomic E-state index is 5.89. The van der Waals surface area contributed by atoms with E-state index in [-0.39, 0.29) is 6.01 Å². The molecule has 0 aliphatic heterocycles. The highest BCUT2D eigenvalue weighted by molar-refractivity contribution is 6.30. The molecule has 2 atom stereocenters. The molecule has 134 valence electrons. The van der Waals surface area contributed by atoms with Crippen LogP contribution < -0.4 is 15.8 Å². The van der Waals surface area contributed by atoms with Crippen LogP contribution in [0, 0.1) is 0 Å². The van der Waals surface area contributed by atoms with Crippen molar-refractivity contribution in [3.05, 3.63) is 70.6 Å². The maximum Gasteiger partial charge on any atom is 0.312 e. The predicted octanol–water partition coefficient (Wildman–Crippen LogP) is 3.53. The molecule has 3 N–H and O–H groups in total. The molecule has 2 unspecified atom stereocenters. The summed E-state index contributed by atoms with van der Waals surface area (Å²) in [5.74, 6) is 1.87. The van der Waals surface area contributed by atoms with E-state index in [1.165, 1.54) is 5.56 Å².